The number of likely N-dealkylation sites (tertiary alicyclic amines) is 1. The summed E-state index contributed by atoms with van der Waals surface area (Å²) in [6.45, 7) is 9.33. The molecule has 0 aliphatic carbocycles. The molecule has 0 radical (unpaired) electrons. The number of nitrogens with zero attached hydrogens (tertiary/aromatic N) is 3. The zero-order chi connectivity index (χ0) is 27.0. The van der Waals surface area contributed by atoms with Crippen LogP contribution in [0.1, 0.15) is 46.8 Å². The molecule has 200 valence electrons. The highest BCUT2D eigenvalue weighted by atomic mass is 16.5. The van der Waals surface area contributed by atoms with E-state index in [2.05, 4.69) is 51.9 Å². The van der Waals surface area contributed by atoms with Crippen molar-refractivity contribution in [1.29, 1.82) is 0 Å². The minimum absolute atomic E-state index is 0.598. The predicted molar refractivity (Wildman–Crippen MR) is 155 cm³/mol. The van der Waals surface area contributed by atoms with Crippen molar-refractivity contribution in [2.24, 2.45) is 10.7 Å². The molecular formula is C29H42N6O2. The Kier molecular flexibility index (Phi) is 13.3. The normalized spacial score (nSPS) is 15.5. The van der Waals surface area contributed by atoms with Crippen LogP contribution in [0.5, 0.6) is 5.75 Å². The quantitative estimate of drug-likeness (QED) is 0.368. The van der Waals surface area contributed by atoms with E-state index in [1.807, 2.05) is 37.4 Å². The second-order valence-corrected chi connectivity index (χ2v) is 8.84. The van der Waals surface area contributed by atoms with Gasteiger partial charge in [0.1, 0.15) is 17.9 Å². The summed E-state index contributed by atoms with van der Waals surface area (Å²) in [6, 6.07) is 8.30. The highest BCUT2D eigenvalue weighted by molar-refractivity contribution is 5.86. The molecule has 1 aromatic heterocycles. The number of piperidine rings is 1. The summed E-state index contributed by atoms with van der Waals surface area (Å²) in [5.41, 5.74) is 9.29. The van der Waals surface area contributed by atoms with Gasteiger partial charge in [-0.25, -0.2) is 4.98 Å². The van der Waals surface area contributed by atoms with Crippen LogP contribution in [-0.4, -0.2) is 69.3 Å². The molecule has 0 spiro atoms. The fourth-order valence-electron chi connectivity index (χ4n) is 4.19. The van der Waals surface area contributed by atoms with Crippen molar-refractivity contribution in [3.8, 4) is 5.75 Å². The van der Waals surface area contributed by atoms with Crippen molar-refractivity contribution in [3.05, 3.63) is 71.6 Å². The number of rotatable bonds is 8. The minimum atomic E-state index is 0.598. The number of fused-ring (bicyclic) bond motifs is 1. The number of allylic oxidation sites excluding steroid dienone is 2. The lowest BCUT2D eigenvalue weighted by Gasteiger charge is -2.28. The monoisotopic (exact) mass is 506 g/mol. The number of pyridine rings is 1. The molecule has 0 unspecified atom stereocenters. The highest BCUT2D eigenvalue weighted by Crippen LogP contribution is 2.37. The van der Waals surface area contributed by atoms with E-state index >= 15 is 0 Å². The van der Waals surface area contributed by atoms with Crippen LogP contribution in [0.3, 0.4) is 0 Å². The zero-order valence-corrected chi connectivity index (χ0v) is 22.7. The highest BCUT2D eigenvalue weighted by Gasteiger charge is 2.22. The van der Waals surface area contributed by atoms with Gasteiger partial charge >= 0.3 is 0 Å². The fourth-order valence-corrected chi connectivity index (χ4v) is 4.19. The first-order valence-electron chi connectivity index (χ1n) is 12.7. The second kappa shape index (κ2) is 16.4. The maximum absolute atomic E-state index is 10.9. The van der Waals surface area contributed by atoms with Crippen LogP contribution in [0.25, 0.3) is 5.57 Å². The SMILES string of the molecule is C=CN=C/C=C(\C)c1cnc(NCc2cccc(C=O)c2)c2c1OCC2.CN.CNC1CCN(C)CC1. The standard InChI is InChI=1S/C21H21N3O2.C7H16N2.CH5N/c1-3-22-9-7-15(2)19-13-24-21(18-8-10-26-20(18)19)23-12-16-5-4-6-17(11-16)14-25;1-8-7-3-5-9(2)6-4-7;1-2/h3-7,9,11,13-14H,1,8,10,12H2,2H3,(H,23,24);7-8H,3-6H2,1-2H3;2H2,1H3/b15-7+,22-9?;;. The van der Waals surface area contributed by atoms with E-state index in [0.717, 1.165) is 52.6 Å². The molecule has 37 heavy (non-hydrogen) atoms. The summed E-state index contributed by atoms with van der Waals surface area (Å²) >= 11 is 0. The summed E-state index contributed by atoms with van der Waals surface area (Å²) in [7, 11) is 5.74. The Morgan fingerprint density at radius 3 is 2.76 bits per heavy atom. The third kappa shape index (κ3) is 9.24. The molecule has 3 heterocycles. The van der Waals surface area contributed by atoms with Crippen LogP contribution in [0.2, 0.25) is 0 Å². The van der Waals surface area contributed by atoms with Crippen LogP contribution >= 0.6 is 0 Å². The maximum atomic E-state index is 10.9. The Morgan fingerprint density at radius 1 is 1.32 bits per heavy atom. The van der Waals surface area contributed by atoms with Crippen molar-refractivity contribution < 1.29 is 9.53 Å². The number of carbonyl (C=O) groups excluding carboxylic acids is 1. The molecule has 8 nitrogen and oxygen atoms in total. The Hall–Kier alpha value is -3.33. The Labute approximate surface area is 221 Å². The summed E-state index contributed by atoms with van der Waals surface area (Å²) in [5, 5.41) is 6.66. The molecule has 1 aromatic carbocycles. The van der Waals surface area contributed by atoms with Gasteiger partial charge < -0.3 is 26.0 Å². The number of ether oxygens (including phenoxy) is 1. The van der Waals surface area contributed by atoms with Gasteiger partial charge in [-0.3, -0.25) is 9.79 Å². The van der Waals surface area contributed by atoms with Crippen molar-refractivity contribution in [3.63, 3.8) is 0 Å². The zero-order valence-electron chi connectivity index (χ0n) is 22.7. The molecule has 2 aromatic rings. The first-order valence-corrected chi connectivity index (χ1v) is 12.7. The number of hydrogen-bond acceptors (Lipinski definition) is 8. The third-order valence-corrected chi connectivity index (χ3v) is 6.34. The third-order valence-electron chi connectivity index (χ3n) is 6.34. The average molecular weight is 507 g/mol. The lowest BCUT2D eigenvalue weighted by molar-refractivity contribution is 0.112. The van der Waals surface area contributed by atoms with Crippen molar-refractivity contribution in [2.45, 2.75) is 38.8 Å². The van der Waals surface area contributed by atoms with E-state index in [1.54, 1.807) is 12.3 Å². The molecule has 0 saturated carbocycles. The van der Waals surface area contributed by atoms with Gasteiger partial charge in [0.2, 0.25) is 0 Å². The van der Waals surface area contributed by atoms with Crippen LogP contribution in [0.15, 0.2) is 54.3 Å². The van der Waals surface area contributed by atoms with Crippen LogP contribution in [-0.2, 0) is 13.0 Å². The number of anilines is 1. The first kappa shape index (κ1) is 29.9. The van der Waals surface area contributed by atoms with Gasteiger partial charge in [-0.2, -0.15) is 0 Å². The van der Waals surface area contributed by atoms with Crippen molar-refractivity contribution in [1.82, 2.24) is 15.2 Å². The predicted octanol–water partition coefficient (Wildman–Crippen LogP) is 3.93. The van der Waals surface area contributed by atoms with E-state index in [4.69, 9.17) is 4.74 Å². The van der Waals surface area contributed by atoms with Crippen molar-refractivity contribution in [2.75, 3.05) is 46.2 Å². The van der Waals surface area contributed by atoms with Gasteiger partial charge in [-0.15, -0.1) is 0 Å². The molecule has 0 atom stereocenters. The number of aromatic nitrogens is 1. The molecule has 8 heteroatoms. The van der Waals surface area contributed by atoms with Crippen molar-refractivity contribution >= 4 is 23.9 Å². The Morgan fingerprint density at radius 2 is 2.08 bits per heavy atom. The molecule has 4 rings (SSSR count). The lowest BCUT2D eigenvalue weighted by Crippen LogP contribution is -2.39. The first-order chi connectivity index (χ1) is 18.0. The molecule has 2 aliphatic rings. The molecule has 1 saturated heterocycles. The molecule has 2 aliphatic heterocycles. The number of benzene rings is 1. The van der Waals surface area contributed by atoms with E-state index in [1.165, 1.54) is 39.2 Å². The lowest BCUT2D eigenvalue weighted by atomic mass is 10.0. The molecule has 4 N–H and O–H groups in total. The smallest absolute Gasteiger partial charge is 0.150 e. The fraction of sp³-hybridized carbons (Fsp3) is 0.414. The number of aliphatic imine (C=N–C) groups is 1. The molecular weight excluding hydrogens is 464 g/mol. The van der Waals surface area contributed by atoms with Gasteiger partial charge in [0.25, 0.3) is 0 Å². The largest absolute Gasteiger partial charge is 0.492 e. The number of nitrogens with one attached hydrogen (secondary N) is 2. The summed E-state index contributed by atoms with van der Waals surface area (Å²) < 4.78 is 5.85. The topological polar surface area (TPSA) is 105 Å². The van der Waals surface area contributed by atoms with Gasteiger partial charge in [-0.05, 0) is 77.3 Å². The van der Waals surface area contributed by atoms with E-state index < -0.39 is 0 Å². The number of hydrogen-bond donors (Lipinski definition) is 3. The van der Waals surface area contributed by atoms with Gasteiger partial charge in [0.15, 0.2) is 0 Å². The Balaban J connectivity index is 0.000000367. The van der Waals surface area contributed by atoms with Gasteiger partial charge in [0, 0.05) is 54.3 Å². The van der Waals surface area contributed by atoms with Gasteiger partial charge in [-0.1, -0.05) is 24.8 Å². The summed E-state index contributed by atoms with van der Waals surface area (Å²) in [6.07, 6.45) is 11.2. The number of nitrogens with two attached hydrogens (primary N) is 1. The van der Waals surface area contributed by atoms with E-state index in [9.17, 15) is 4.79 Å². The van der Waals surface area contributed by atoms with Crippen LogP contribution in [0, 0.1) is 0 Å². The van der Waals surface area contributed by atoms with Gasteiger partial charge in [0.05, 0.1) is 6.61 Å². The second-order valence-electron chi connectivity index (χ2n) is 8.84. The molecule has 0 amide bonds. The molecule has 1 fully saturated rings. The van der Waals surface area contributed by atoms with E-state index in [-0.39, 0.29) is 0 Å². The number of aldehydes is 1. The number of carbonyl (C=O) groups is 1. The van der Waals surface area contributed by atoms with Crippen LogP contribution < -0.4 is 21.1 Å². The minimum Gasteiger partial charge on any atom is -0.492 e. The molecule has 0 bridgehead atoms. The summed E-state index contributed by atoms with van der Waals surface area (Å²) in [5.74, 6) is 1.70. The van der Waals surface area contributed by atoms with E-state index in [0.29, 0.717) is 18.7 Å². The Bertz CT molecular complexity index is 1060. The van der Waals surface area contributed by atoms with Crippen LogP contribution in [0.4, 0.5) is 5.82 Å². The summed E-state index contributed by atoms with van der Waals surface area (Å²) in [4.78, 5) is 21.9. The average Bonchev–Trinajstić information content (AvgIpc) is 3.44. The maximum Gasteiger partial charge on any atom is 0.150 e.